The highest BCUT2D eigenvalue weighted by Gasteiger charge is 2.49. The van der Waals surface area contributed by atoms with Crippen molar-refractivity contribution in [1.29, 1.82) is 0 Å². The van der Waals surface area contributed by atoms with Crippen molar-refractivity contribution in [3.63, 3.8) is 0 Å². The Morgan fingerprint density at radius 2 is 2.11 bits per heavy atom. The quantitative estimate of drug-likeness (QED) is 0.778. The Morgan fingerprint density at radius 3 is 2.74 bits per heavy atom. The van der Waals surface area contributed by atoms with E-state index in [1.165, 1.54) is 4.90 Å². The third-order valence-electron chi connectivity index (χ3n) is 3.26. The summed E-state index contributed by atoms with van der Waals surface area (Å²) in [6, 6.07) is 9.01. The molecule has 19 heavy (non-hydrogen) atoms. The molecule has 6 heteroatoms. The second kappa shape index (κ2) is 5.61. The number of likely N-dealkylation sites (tertiary alicyclic amines) is 1. The van der Waals surface area contributed by atoms with Crippen molar-refractivity contribution in [1.82, 2.24) is 4.90 Å². The first-order chi connectivity index (χ1) is 8.74. The minimum atomic E-state index is -0.446. The van der Waals surface area contributed by atoms with Gasteiger partial charge in [0.05, 0.1) is 6.54 Å². The molecule has 2 heterocycles. The predicted octanol–water partition coefficient (Wildman–Crippen LogP) is 1.90. The maximum atomic E-state index is 11.8. The fraction of sp³-hybridized carbons (Fsp3) is 0.385. The second-order valence-corrected chi connectivity index (χ2v) is 4.50. The van der Waals surface area contributed by atoms with Crippen molar-refractivity contribution in [2.24, 2.45) is 0 Å². The first kappa shape index (κ1) is 13.9. The molecule has 2 aliphatic heterocycles. The van der Waals surface area contributed by atoms with E-state index in [1.807, 2.05) is 30.3 Å². The average molecular weight is 328 g/mol. The maximum Gasteiger partial charge on any atom is 0.410 e. The van der Waals surface area contributed by atoms with Crippen molar-refractivity contribution in [3.05, 3.63) is 35.9 Å². The molecule has 0 spiro atoms. The highest BCUT2D eigenvalue weighted by molar-refractivity contribution is 8.93. The minimum Gasteiger partial charge on any atom is -0.459 e. The lowest BCUT2D eigenvalue weighted by Crippen LogP contribution is -2.44. The van der Waals surface area contributed by atoms with Gasteiger partial charge in [0.2, 0.25) is 0 Å². The topological polar surface area (TPSA) is 55.8 Å². The Hall–Kier alpha value is -1.56. The summed E-state index contributed by atoms with van der Waals surface area (Å²) in [6.07, 6.45) is 0.00833. The van der Waals surface area contributed by atoms with E-state index in [2.05, 4.69) is 0 Å². The Bertz CT molecular complexity index is 479. The van der Waals surface area contributed by atoms with E-state index in [4.69, 9.17) is 9.47 Å². The van der Waals surface area contributed by atoms with E-state index in [9.17, 15) is 9.59 Å². The monoisotopic (exact) mass is 327 g/mol. The average Bonchev–Trinajstić information content (AvgIpc) is 2.96. The van der Waals surface area contributed by atoms with Crippen LogP contribution in [0.2, 0.25) is 0 Å². The molecule has 1 amide bonds. The third-order valence-corrected chi connectivity index (χ3v) is 3.26. The van der Waals surface area contributed by atoms with Crippen LogP contribution < -0.4 is 0 Å². The number of esters is 1. The zero-order chi connectivity index (χ0) is 12.5. The number of fused-ring (bicyclic) bond motifs is 2. The van der Waals surface area contributed by atoms with Crippen molar-refractivity contribution < 1.29 is 19.1 Å². The Kier molecular flexibility index (Phi) is 4.09. The molecular formula is C13H14BrNO4. The number of carbonyl (C=O) groups excluding carboxylic acids is 2. The van der Waals surface area contributed by atoms with Gasteiger partial charge in [0.15, 0.2) is 0 Å². The summed E-state index contributed by atoms with van der Waals surface area (Å²) in [5.41, 5.74) is 0.929. The van der Waals surface area contributed by atoms with E-state index in [0.717, 1.165) is 5.56 Å². The zero-order valence-electron chi connectivity index (χ0n) is 10.2. The van der Waals surface area contributed by atoms with Gasteiger partial charge in [-0.2, -0.15) is 0 Å². The molecular weight excluding hydrogens is 314 g/mol. The predicted molar refractivity (Wildman–Crippen MR) is 71.9 cm³/mol. The number of hydrogen-bond acceptors (Lipinski definition) is 4. The van der Waals surface area contributed by atoms with E-state index in [0.29, 0.717) is 13.0 Å². The van der Waals surface area contributed by atoms with E-state index < -0.39 is 12.1 Å². The van der Waals surface area contributed by atoms with Crippen LogP contribution in [0.15, 0.2) is 30.3 Å². The number of amides is 1. The van der Waals surface area contributed by atoms with E-state index in [-0.39, 0.29) is 35.7 Å². The summed E-state index contributed by atoms with van der Waals surface area (Å²) in [7, 11) is 0. The molecule has 0 saturated carbocycles. The van der Waals surface area contributed by atoms with Crippen LogP contribution in [0.25, 0.3) is 0 Å². The van der Waals surface area contributed by atoms with Crippen molar-refractivity contribution in [2.45, 2.75) is 25.2 Å². The lowest BCUT2D eigenvalue weighted by Gasteiger charge is -2.24. The molecule has 2 bridgehead atoms. The first-order valence-electron chi connectivity index (χ1n) is 5.92. The van der Waals surface area contributed by atoms with E-state index >= 15 is 0 Å². The Morgan fingerprint density at radius 1 is 1.37 bits per heavy atom. The molecule has 2 saturated heterocycles. The van der Waals surface area contributed by atoms with Gasteiger partial charge in [0, 0.05) is 6.42 Å². The zero-order valence-corrected chi connectivity index (χ0v) is 11.9. The fourth-order valence-electron chi connectivity index (χ4n) is 2.35. The number of morpholine rings is 1. The van der Waals surface area contributed by atoms with Crippen LogP contribution in [-0.2, 0) is 20.9 Å². The molecule has 0 aromatic heterocycles. The molecule has 0 N–H and O–H groups in total. The minimum absolute atomic E-state index is 0. The molecule has 1 aromatic rings. The van der Waals surface area contributed by atoms with Crippen LogP contribution in [-0.4, -0.2) is 35.7 Å². The van der Waals surface area contributed by atoms with Gasteiger partial charge < -0.3 is 9.47 Å². The number of halogens is 1. The van der Waals surface area contributed by atoms with Gasteiger partial charge in [-0.25, -0.2) is 9.59 Å². The molecule has 2 aliphatic rings. The normalized spacial score (nSPS) is 23.8. The van der Waals surface area contributed by atoms with Crippen LogP contribution in [0.3, 0.4) is 0 Å². The molecule has 2 atom stereocenters. The molecule has 0 unspecified atom stereocenters. The van der Waals surface area contributed by atoms with Gasteiger partial charge in [-0.05, 0) is 5.56 Å². The number of carbonyl (C=O) groups is 2. The van der Waals surface area contributed by atoms with Gasteiger partial charge in [0.25, 0.3) is 0 Å². The molecule has 3 rings (SSSR count). The van der Waals surface area contributed by atoms with Gasteiger partial charge >= 0.3 is 12.1 Å². The lowest BCUT2D eigenvalue weighted by atomic mass is 10.2. The third kappa shape index (κ3) is 2.73. The van der Waals surface area contributed by atoms with Crippen LogP contribution in [0.5, 0.6) is 0 Å². The largest absolute Gasteiger partial charge is 0.459 e. The standard InChI is InChI=1S/C13H13NO4.BrH/c15-12-11-6-10(18-12)7-14(11)13(16)17-8-9-4-2-1-3-5-9;/h1-5,10-11H,6-8H2;1H/t10-,11-;/m0./s1. The highest BCUT2D eigenvalue weighted by Crippen LogP contribution is 2.29. The van der Waals surface area contributed by atoms with Crippen LogP contribution in [0.4, 0.5) is 4.79 Å². The van der Waals surface area contributed by atoms with Gasteiger partial charge in [-0.15, -0.1) is 17.0 Å². The summed E-state index contributed by atoms with van der Waals surface area (Å²) in [6.45, 7) is 0.673. The summed E-state index contributed by atoms with van der Waals surface area (Å²) in [4.78, 5) is 24.7. The maximum absolute atomic E-state index is 11.8. The van der Waals surface area contributed by atoms with Gasteiger partial charge in [-0.1, -0.05) is 30.3 Å². The second-order valence-electron chi connectivity index (χ2n) is 4.50. The summed E-state index contributed by atoms with van der Waals surface area (Å²) in [5, 5.41) is 0. The van der Waals surface area contributed by atoms with Crippen LogP contribution >= 0.6 is 17.0 Å². The van der Waals surface area contributed by atoms with Crippen molar-refractivity contribution >= 4 is 29.0 Å². The molecule has 102 valence electrons. The smallest absolute Gasteiger partial charge is 0.410 e. The molecule has 2 fully saturated rings. The Labute approximate surface area is 121 Å². The SMILES string of the molecule is Br.O=C1O[C@H]2C[C@@H]1N(C(=O)OCc1ccccc1)C2. The molecule has 0 radical (unpaired) electrons. The molecule has 0 aliphatic carbocycles. The highest BCUT2D eigenvalue weighted by atomic mass is 79.9. The summed E-state index contributed by atoms with van der Waals surface area (Å²) in [5.74, 6) is -0.317. The van der Waals surface area contributed by atoms with Crippen LogP contribution in [0, 0.1) is 0 Å². The summed E-state index contributed by atoms with van der Waals surface area (Å²) >= 11 is 0. The van der Waals surface area contributed by atoms with Crippen molar-refractivity contribution in [3.8, 4) is 0 Å². The van der Waals surface area contributed by atoms with E-state index in [1.54, 1.807) is 0 Å². The number of nitrogens with zero attached hydrogens (tertiary/aromatic N) is 1. The van der Waals surface area contributed by atoms with Crippen molar-refractivity contribution in [2.75, 3.05) is 6.54 Å². The fourth-order valence-corrected chi connectivity index (χ4v) is 2.35. The number of ether oxygens (including phenoxy) is 2. The first-order valence-corrected chi connectivity index (χ1v) is 5.92. The number of benzene rings is 1. The number of rotatable bonds is 2. The molecule has 1 aromatic carbocycles. The number of hydrogen-bond donors (Lipinski definition) is 0. The molecule has 5 nitrogen and oxygen atoms in total. The van der Waals surface area contributed by atoms with Gasteiger partial charge in [0.1, 0.15) is 18.8 Å². The Balaban J connectivity index is 0.00000133. The summed E-state index contributed by atoms with van der Waals surface area (Å²) < 4.78 is 10.2. The van der Waals surface area contributed by atoms with Crippen LogP contribution in [0.1, 0.15) is 12.0 Å². The van der Waals surface area contributed by atoms with Gasteiger partial charge in [-0.3, -0.25) is 4.90 Å². The lowest BCUT2D eigenvalue weighted by molar-refractivity contribution is -0.150.